The van der Waals surface area contributed by atoms with Crippen molar-refractivity contribution in [1.82, 2.24) is 10.2 Å². The Balaban J connectivity index is 1.50. The standard InChI is InChI=1S/C10H20N2O/c1(2-10-3-4-11-10)5-12-6-8-13-9-7-12/h10-11H,1-9H2. The molecular weight excluding hydrogens is 164 g/mol. The van der Waals surface area contributed by atoms with Crippen LogP contribution in [0, 0.1) is 0 Å². The van der Waals surface area contributed by atoms with E-state index in [0.29, 0.717) is 0 Å². The minimum atomic E-state index is 0.834. The van der Waals surface area contributed by atoms with Gasteiger partial charge in [0.2, 0.25) is 0 Å². The van der Waals surface area contributed by atoms with E-state index in [4.69, 9.17) is 4.74 Å². The maximum atomic E-state index is 5.31. The Bertz CT molecular complexity index is 142. The fraction of sp³-hybridized carbons (Fsp3) is 1.00. The van der Waals surface area contributed by atoms with E-state index in [-0.39, 0.29) is 0 Å². The average Bonchev–Trinajstić information content (AvgIpc) is 2.11. The van der Waals surface area contributed by atoms with Crippen LogP contribution < -0.4 is 5.32 Å². The van der Waals surface area contributed by atoms with Crippen molar-refractivity contribution in [3.63, 3.8) is 0 Å². The molecule has 13 heavy (non-hydrogen) atoms. The molecule has 0 aromatic rings. The maximum Gasteiger partial charge on any atom is 0.0594 e. The summed E-state index contributed by atoms with van der Waals surface area (Å²) in [6.07, 6.45) is 4.10. The van der Waals surface area contributed by atoms with E-state index < -0.39 is 0 Å². The lowest BCUT2D eigenvalue weighted by Crippen LogP contribution is -2.43. The van der Waals surface area contributed by atoms with Gasteiger partial charge in [-0.15, -0.1) is 0 Å². The Morgan fingerprint density at radius 2 is 2.08 bits per heavy atom. The van der Waals surface area contributed by atoms with Crippen molar-refractivity contribution in [2.75, 3.05) is 39.4 Å². The fourth-order valence-electron chi connectivity index (χ4n) is 1.98. The van der Waals surface area contributed by atoms with Crippen molar-refractivity contribution < 1.29 is 4.74 Å². The molecule has 2 saturated heterocycles. The summed E-state index contributed by atoms with van der Waals surface area (Å²) in [7, 11) is 0. The molecule has 76 valence electrons. The molecule has 1 N–H and O–H groups in total. The number of hydrogen-bond acceptors (Lipinski definition) is 3. The van der Waals surface area contributed by atoms with Gasteiger partial charge in [0.05, 0.1) is 13.2 Å². The number of nitrogens with one attached hydrogen (secondary N) is 1. The second kappa shape index (κ2) is 4.94. The van der Waals surface area contributed by atoms with E-state index in [0.717, 1.165) is 32.3 Å². The average molecular weight is 184 g/mol. The van der Waals surface area contributed by atoms with E-state index in [1.54, 1.807) is 0 Å². The molecule has 2 aliphatic heterocycles. The Hall–Kier alpha value is -0.120. The summed E-state index contributed by atoms with van der Waals surface area (Å²) < 4.78 is 5.31. The van der Waals surface area contributed by atoms with Crippen LogP contribution in [0.5, 0.6) is 0 Å². The maximum absolute atomic E-state index is 5.31. The van der Waals surface area contributed by atoms with E-state index >= 15 is 0 Å². The number of nitrogens with zero attached hydrogens (tertiary/aromatic N) is 1. The molecule has 0 radical (unpaired) electrons. The first-order valence-electron chi connectivity index (χ1n) is 5.48. The monoisotopic (exact) mass is 184 g/mol. The van der Waals surface area contributed by atoms with Crippen LogP contribution in [-0.2, 0) is 4.74 Å². The van der Waals surface area contributed by atoms with Gasteiger partial charge in [0, 0.05) is 19.1 Å². The van der Waals surface area contributed by atoms with Crippen LogP contribution in [0.4, 0.5) is 0 Å². The van der Waals surface area contributed by atoms with Gasteiger partial charge in [-0.25, -0.2) is 0 Å². The lowest BCUT2D eigenvalue weighted by Gasteiger charge is -2.30. The van der Waals surface area contributed by atoms with Gasteiger partial charge in [-0.3, -0.25) is 4.90 Å². The van der Waals surface area contributed by atoms with Crippen LogP contribution in [0.3, 0.4) is 0 Å². The van der Waals surface area contributed by atoms with Gasteiger partial charge in [-0.05, 0) is 32.4 Å². The smallest absolute Gasteiger partial charge is 0.0594 e. The molecule has 0 spiro atoms. The van der Waals surface area contributed by atoms with Crippen molar-refractivity contribution in [2.45, 2.75) is 25.3 Å². The summed E-state index contributed by atoms with van der Waals surface area (Å²) in [5, 5.41) is 3.44. The van der Waals surface area contributed by atoms with E-state index in [1.165, 1.54) is 32.4 Å². The molecule has 3 nitrogen and oxygen atoms in total. The van der Waals surface area contributed by atoms with Crippen molar-refractivity contribution in [2.24, 2.45) is 0 Å². The molecule has 0 aromatic heterocycles. The van der Waals surface area contributed by atoms with E-state index in [2.05, 4.69) is 10.2 Å². The predicted molar refractivity (Wildman–Crippen MR) is 52.9 cm³/mol. The molecule has 2 rings (SSSR count). The second-order valence-electron chi connectivity index (χ2n) is 4.04. The van der Waals surface area contributed by atoms with Crippen molar-refractivity contribution in [1.29, 1.82) is 0 Å². The molecule has 3 heteroatoms. The van der Waals surface area contributed by atoms with Crippen molar-refractivity contribution in [3.05, 3.63) is 0 Å². The van der Waals surface area contributed by atoms with Gasteiger partial charge in [-0.1, -0.05) is 0 Å². The topological polar surface area (TPSA) is 24.5 Å². The summed E-state index contributed by atoms with van der Waals surface area (Å²) in [6.45, 7) is 6.64. The summed E-state index contributed by atoms with van der Waals surface area (Å²) in [5.74, 6) is 0. The molecule has 0 aliphatic carbocycles. The Kier molecular flexibility index (Phi) is 3.58. The van der Waals surface area contributed by atoms with Crippen LogP contribution >= 0.6 is 0 Å². The molecule has 2 heterocycles. The lowest BCUT2D eigenvalue weighted by atomic mass is 10.0. The third-order valence-corrected chi connectivity index (χ3v) is 3.06. The van der Waals surface area contributed by atoms with E-state index in [1.807, 2.05) is 0 Å². The van der Waals surface area contributed by atoms with Crippen molar-refractivity contribution in [3.8, 4) is 0 Å². The van der Waals surface area contributed by atoms with Gasteiger partial charge in [0.1, 0.15) is 0 Å². The molecule has 2 aliphatic rings. The Labute approximate surface area is 80.4 Å². The number of hydrogen-bond donors (Lipinski definition) is 1. The van der Waals surface area contributed by atoms with Crippen LogP contribution in [0.15, 0.2) is 0 Å². The van der Waals surface area contributed by atoms with E-state index in [9.17, 15) is 0 Å². The zero-order valence-electron chi connectivity index (χ0n) is 8.30. The zero-order valence-corrected chi connectivity index (χ0v) is 8.30. The van der Waals surface area contributed by atoms with Gasteiger partial charge >= 0.3 is 0 Å². The van der Waals surface area contributed by atoms with Crippen LogP contribution in [-0.4, -0.2) is 50.3 Å². The quantitative estimate of drug-likeness (QED) is 0.687. The normalized spacial score (nSPS) is 30.0. The molecule has 1 atom stereocenters. The molecule has 1 unspecified atom stereocenters. The SMILES string of the molecule is C(CC1CCN1)CN1CCOCC1. The first kappa shape index (κ1) is 9.44. The third kappa shape index (κ3) is 2.93. The van der Waals surface area contributed by atoms with Crippen LogP contribution in [0.1, 0.15) is 19.3 Å². The summed E-state index contributed by atoms with van der Waals surface area (Å²) in [6, 6.07) is 0.834. The highest BCUT2D eigenvalue weighted by molar-refractivity contribution is 4.77. The number of ether oxygens (including phenoxy) is 1. The zero-order chi connectivity index (χ0) is 8.93. The molecule has 0 aromatic carbocycles. The fourth-order valence-corrected chi connectivity index (χ4v) is 1.98. The second-order valence-corrected chi connectivity index (χ2v) is 4.04. The highest BCUT2D eigenvalue weighted by Crippen LogP contribution is 2.09. The molecule has 0 amide bonds. The molecule has 2 fully saturated rings. The summed E-state index contributed by atoms with van der Waals surface area (Å²) in [4.78, 5) is 2.52. The minimum absolute atomic E-state index is 0.834. The highest BCUT2D eigenvalue weighted by Gasteiger charge is 2.16. The van der Waals surface area contributed by atoms with Gasteiger partial charge in [-0.2, -0.15) is 0 Å². The van der Waals surface area contributed by atoms with Crippen LogP contribution in [0.25, 0.3) is 0 Å². The largest absolute Gasteiger partial charge is 0.379 e. The minimum Gasteiger partial charge on any atom is -0.379 e. The lowest BCUT2D eigenvalue weighted by molar-refractivity contribution is 0.0366. The first-order valence-corrected chi connectivity index (χ1v) is 5.48. The van der Waals surface area contributed by atoms with Crippen molar-refractivity contribution >= 4 is 0 Å². The summed E-state index contributed by atoms with van der Waals surface area (Å²) in [5.41, 5.74) is 0. The first-order chi connectivity index (χ1) is 6.45. The Morgan fingerprint density at radius 1 is 1.31 bits per heavy atom. The molecule has 0 bridgehead atoms. The third-order valence-electron chi connectivity index (χ3n) is 3.06. The number of rotatable bonds is 4. The molecular formula is C10H20N2O. The van der Waals surface area contributed by atoms with Crippen LogP contribution in [0.2, 0.25) is 0 Å². The Morgan fingerprint density at radius 3 is 2.69 bits per heavy atom. The predicted octanol–water partition coefficient (Wildman–Crippen LogP) is 0.461. The molecule has 0 saturated carbocycles. The van der Waals surface area contributed by atoms with Gasteiger partial charge in [0.15, 0.2) is 0 Å². The van der Waals surface area contributed by atoms with Gasteiger partial charge < -0.3 is 10.1 Å². The highest BCUT2D eigenvalue weighted by atomic mass is 16.5. The number of morpholine rings is 1. The summed E-state index contributed by atoms with van der Waals surface area (Å²) >= 11 is 0. The van der Waals surface area contributed by atoms with Gasteiger partial charge in [0.25, 0.3) is 0 Å².